The number of ether oxygens (including phenoxy) is 1. The van der Waals surface area contributed by atoms with Crippen molar-refractivity contribution < 1.29 is 9.53 Å². The second-order valence-corrected chi connectivity index (χ2v) is 7.10. The molecule has 0 saturated carbocycles. The van der Waals surface area contributed by atoms with Gasteiger partial charge < -0.3 is 15.0 Å². The molecule has 0 radical (unpaired) electrons. The highest BCUT2D eigenvalue weighted by Crippen LogP contribution is 2.21. The molecule has 1 aromatic heterocycles. The van der Waals surface area contributed by atoms with Gasteiger partial charge in [-0.1, -0.05) is 23.7 Å². The predicted molar refractivity (Wildman–Crippen MR) is 106 cm³/mol. The van der Waals surface area contributed by atoms with E-state index in [2.05, 4.69) is 20.2 Å². The molecule has 1 aromatic carbocycles. The smallest absolute Gasteiger partial charge is 0.224 e. The van der Waals surface area contributed by atoms with Crippen LogP contribution in [0.2, 0.25) is 5.02 Å². The second-order valence-electron chi connectivity index (χ2n) is 6.66. The third-order valence-corrected chi connectivity index (χ3v) is 4.69. The summed E-state index contributed by atoms with van der Waals surface area (Å²) in [5, 5.41) is 3.52. The lowest BCUT2D eigenvalue weighted by Crippen LogP contribution is -2.31. The normalized spacial score (nSPS) is 14.1. The molecule has 2 heterocycles. The second kappa shape index (κ2) is 9.55. The molecule has 1 N–H and O–H groups in total. The van der Waals surface area contributed by atoms with Crippen LogP contribution in [-0.4, -0.2) is 42.1 Å². The molecule has 1 aliphatic rings. The van der Waals surface area contributed by atoms with Crippen molar-refractivity contribution >= 4 is 23.3 Å². The Kier molecular flexibility index (Phi) is 6.87. The molecule has 3 rings (SSSR count). The number of halogens is 1. The minimum Gasteiger partial charge on any atom is -0.476 e. The Morgan fingerprint density at radius 2 is 1.93 bits per heavy atom. The number of nitrogens with zero attached hydrogens (tertiary/aromatic N) is 3. The van der Waals surface area contributed by atoms with Crippen molar-refractivity contribution in [3.8, 4) is 5.88 Å². The summed E-state index contributed by atoms with van der Waals surface area (Å²) < 4.78 is 5.72. The van der Waals surface area contributed by atoms with Crippen LogP contribution < -0.4 is 15.0 Å². The van der Waals surface area contributed by atoms with E-state index in [0.717, 1.165) is 24.5 Å². The lowest BCUT2D eigenvalue weighted by Gasteiger charge is -2.28. The van der Waals surface area contributed by atoms with E-state index in [1.165, 1.54) is 19.3 Å². The Morgan fingerprint density at radius 3 is 2.67 bits per heavy atom. The minimum atomic E-state index is -0.0474. The molecule has 6 nitrogen and oxygen atoms in total. The van der Waals surface area contributed by atoms with Crippen molar-refractivity contribution in [2.45, 2.75) is 32.6 Å². The molecule has 1 aliphatic heterocycles. The lowest BCUT2D eigenvalue weighted by molar-refractivity contribution is -0.120. The van der Waals surface area contributed by atoms with Crippen molar-refractivity contribution in [2.24, 2.45) is 0 Å². The minimum absolute atomic E-state index is 0.0474. The number of anilines is 1. The number of carbonyl (C=O) groups excluding carboxylic acids is 1. The van der Waals surface area contributed by atoms with E-state index in [0.29, 0.717) is 36.3 Å². The Balaban J connectivity index is 1.45. The molecule has 27 heavy (non-hydrogen) atoms. The van der Waals surface area contributed by atoms with Crippen molar-refractivity contribution in [3.05, 3.63) is 46.7 Å². The van der Waals surface area contributed by atoms with Crippen LogP contribution in [0.5, 0.6) is 5.88 Å². The van der Waals surface area contributed by atoms with Crippen LogP contribution in [0.4, 0.5) is 5.82 Å². The summed E-state index contributed by atoms with van der Waals surface area (Å²) in [6.07, 6.45) is 3.99. The van der Waals surface area contributed by atoms with Gasteiger partial charge in [0.1, 0.15) is 18.2 Å². The number of aromatic nitrogens is 2. The molecule has 0 atom stereocenters. The largest absolute Gasteiger partial charge is 0.476 e. The SMILES string of the molecule is Cc1nc(OCCNC(=O)Cc2ccc(Cl)cc2)cc(N2CCCCC2)n1. The summed E-state index contributed by atoms with van der Waals surface area (Å²) in [4.78, 5) is 23.1. The molecule has 0 spiro atoms. The van der Waals surface area contributed by atoms with E-state index < -0.39 is 0 Å². The molecule has 2 aromatic rings. The maximum absolute atomic E-state index is 12.0. The molecule has 0 bridgehead atoms. The van der Waals surface area contributed by atoms with Gasteiger partial charge in [0.2, 0.25) is 11.8 Å². The van der Waals surface area contributed by atoms with E-state index in [9.17, 15) is 4.79 Å². The first-order valence-corrected chi connectivity index (χ1v) is 9.72. The third-order valence-electron chi connectivity index (χ3n) is 4.43. The van der Waals surface area contributed by atoms with Gasteiger partial charge in [-0.05, 0) is 43.9 Å². The summed E-state index contributed by atoms with van der Waals surface area (Å²) in [5.74, 6) is 2.12. The summed E-state index contributed by atoms with van der Waals surface area (Å²) in [5.41, 5.74) is 0.926. The van der Waals surface area contributed by atoms with E-state index in [-0.39, 0.29) is 5.91 Å². The fourth-order valence-electron chi connectivity index (χ4n) is 3.08. The summed E-state index contributed by atoms with van der Waals surface area (Å²) >= 11 is 5.85. The van der Waals surface area contributed by atoms with Gasteiger partial charge in [-0.3, -0.25) is 4.79 Å². The van der Waals surface area contributed by atoms with Gasteiger partial charge in [-0.2, -0.15) is 4.98 Å². The highest BCUT2D eigenvalue weighted by atomic mass is 35.5. The van der Waals surface area contributed by atoms with Crippen LogP contribution >= 0.6 is 11.6 Å². The maximum atomic E-state index is 12.0. The Hall–Kier alpha value is -2.34. The van der Waals surface area contributed by atoms with Crippen LogP contribution in [0.3, 0.4) is 0 Å². The van der Waals surface area contributed by atoms with Gasteiger partial charge in [-0.25, -0.2) is 4.98 Å². The Labute approximate surface area is 164 Å². The van der Waals surface area contributed by atoms with Crippen molar-refractivity contribution in [2.75, 3.05) is 31.1 Å². The molecular formula is C20H25ClN4O2. The zero-order chi connectivity index (χ0) is 19.1. The lowest BCUT2D eigenvalue weighted by atomic mass is 10.1. The molecule has 0 aliphatic carbocycles. The monoisotopic (exact) mass is 388 g/mol. The van der Waals surface area contributed by atoms with Gasteiger partial charge in [0.15, 0.2) is 0 Å². The van der Waals surface area contributed by atoms with Crippen molar-refractivity contribution in [3.63, 3.8) is 0 Å². The first kappa shape index (κ1) is 19.4. The number of carbonyl (C=O) groups is 1. The first-order valence-electron chi connectivity index (χ1n) is 9.35. The van der Waals surface area contributed by atoms with Gasteiger partial charge in [0.25, 0.3) is 0 Å². The number of rotatable bonds is 7. The molecule has 1 amide bonds. The fourth-order valence-corrected chi connectivity index (χ4v) is 3.21. The van der Waals surface area contributed by atoms with E-state index in [1.54, 1.807) is 12.1 Å². The molecule has 0 unspecified atom stereocenters. The molecule has 7 heteroatoms. The average Bonchev–Trinajstić information content (AvgIpc) is 2.67. The predicted octanol–water partition coefficient (Wildman–Crippen LogP) is 3.17. The topological polar surface area (TPSA) is 67.3 Å². The average molecular weight is 389 g/mol. The third kappa shape index (κ3) is 6.10. The van der Waals surface area contributed by atoms with Gasteiger partial charge in [0, 0.05) is 24.2 Å². The number of aryl methyl sites for hydroxylation is 1. The molecule has 1 fully saturated rings. The molecular weight excluding hydrogens is 364 g/mol. The highest BCUT2D eigenvalue weighted by Gasteiger charge is 2.14. The Bertz CT molecular complexity index is 761. The number of amides is 1. The number of piperidine rings is 1. The zero-order valence-electron chi connectivity index (χ0n) is 15.6. The van der Waals surface area contributed by atoms with Crippen LogP contribution in [0.15, 0.2) is 30.3 Å². The van der Waals surface area contributed by atoms with E-state index in [1.807, 2.05) is 25.1 Å². The van der Waals surface area contributed by atoms with Crippen molar-refractivity contribution in [1.29, 1.82) is 0 Å². The number of hydrogen-bond acceptors (Lipinski definition) is 5. The van der Waals surface area contributed by atoms with Gasteiger partial charge >= 0.3 is 0 Å². The van der Waals surface area contributed by atoms with Gasteiger partial charge in [-0.15, -0.1) is 0 Å². The van der Waals surface area contributed by atoms with Crippen LogP contribution in [0.25, 0.3) is 0 Å². The van der Waals surface area contributed by atoms with Gasteiger partial charge in [0.05, 0.1) is 13.0 Å². The summed E-state index contributed by atoms with van der Waals surface area (Å²) in [7, 11) is 0. The molecule has 1 saturated heterocycles. The molecule has 144 valence electrons. The van der Waals surface area contributed by atoms with Crippen LogP contribution in [-0.2, 0) is 11.2 Å². The van der Waals surface area contributed by atoms with E-state index in [4.69, 9.17) is 16.3 Å². The van der Waals surface area contributed by atoms with Crippen LogP contribution in [0, 0.1) is 6.92 Å². The summed E-state index contributed by atoms with van der Waals surface area (Å²) in [6.45, 7) is 4.71. The quantitative estimate of drug-likeness (QED) is 0.738. The highest BCUT2D eigenvalue weighted by molar-refractivity contribution is 6.30. The number of nitrogens with one attached hydrogen (secondary N) is 1. The van der Waals surface area contributed by atoms with Crippen molar-refractivity contribution in [1.82, 2.24) is 15.3 Å². The number of hydrogen-bond donors (Lipinski definition) is 1. The van der Waals surface area contributed by atoms with Crippen LogP contribution in [0.1, 0.15) is 30.7 Å². The standard InChI is InChI=1S/C20H25ClN4O2/c1-15-23-18(25-10-3-2-4-11-25)14-20(24-15)27-12-9-22-19(26)13-16-5-7-17(21)8-6-16/h5-8,14H,2-4,9-13H2,1H3,(H,22,26). The zero-order valence-corrected chi connectivity index (χ0v) is 16.3. The number of benzene rings is 1. The Morgan fingerprint density at radius 1 is 1.19 bits per heavy atom. The fraction of sp³-hybridized carbons (Fsp3) is 0.450. The summed E-state index contributed by atoms with van der Waals surface area (Å²) in [6, 6.07) is 9.15. The first-order chi connectivity index (χ1) is 13.1. The maximum Gasteiger partial charge on any atom is 0.224 e. The van der Waals surface area contributed by atoms with E-state index >= 15 is 0 Å².